The van der Waals surface area contributed by atoms with Crippen LogP contribution in [0.25, 0.3) is 11.2 Å². The van der Waals surface area contributed by atoms with Crippen molar-refractivity contribution in [2.75, 3.05) is 37.9 Å². The second-order valence-electron chi connectivity index (χ2n) is 12.5. The van der Waals surface area contributed by atoms with Crippen LogP contribution in [0.15, 0.2) is 36.7 Å². The van der Waals surface area contributed by atoms with Crippen LogP contribution in [0, 0.1) is 11.3 Å². The van der Waals surface area contributed by atoms with Crippen LogP contribution < -0.4 is 15.6 Å². The van der Waals surface area contributed by atoms with E-state index >= 15 is 4.39 Å². The van der Waals surface area contributed by atoms with Crippen LogP contribution >= 0.6 is 19.5 Å². The zero-order chi connectivity index (χ0) is 36.0. The van der Waals surface area contributed by atoms with E-state index in [0.29, 0.717) is 0 Å². The van der Waals surface area contributed by atoms with Crippen LogP contribution in [0.4, 0.5) is 10.3 Å². The minimum atomic E-state index is -4.11. The molecule has 4 rings (SSSR count). The average molecular weight is 727 g/mol. The molecule has 18 heteroatoms. The van der Waals surface area contributed by atoms with Crippen molar-refractivity contribution in [2.24, 2.45) is 11.3 Å². The second-order valence-corrected chi connectivity index (χ2v) is 15.4. The number of nitrogen functional groups attached to an aromatic ring is 1. The molecule has 0 spiro atoms. The van der Waals surface area contributed by atoms with Crippen LogP contribution in [0.1, 0.15) is 53.3 Å². The van der Waals surface area contributed by atoms with Gasteiger partial charge in [-0.25, -0.2) is 19.0 Å². The van der Waals surface area contributed by atoms with Crippen LogP contribution in [0.3, 0.4) is 0 Å². The molecule has 1 fully saturated rings. The number of nitrogens with zero attached hydrogens (tertiary/aromatic N) is 4. The summed E-state index contributed by atoms with van der Waals surface area (Å²) >= 11 is 0.936. The number of rotatable bonds is 17. The number of ether oxygens (including phenoxy) is 3. The number of hydrogen-bond acceptors (Lipinski definition) is 14. The van der Waals surface area contributed by atoms with E-state index in [2.05, 4.69) is 20.0 Å². The molecule has 5 atom stereocenters. The maximum absolute atomic E-state index is 16.1. The second kappa shape index (κ2) is 16.2. The minimum absolute atomic E-state index is 0.0853. The van der Waals surface area contributed by atoms with Gasteiger partial charge in [0, 0.05) is 12.3 Å². The number of carbonyl (C=O) groups excluding carboxylic acids is 2. The fourth-order valence-corrected chi connectivity index (χ4v) is 6.95. The smallest absolute Gasteiger partial charge is 0.405 e. The molecule has 0 bridgehead atoms. The Morgan fingerprint density at radius 1 is 1.24 bits per heavy atom. The molecule has 0 aliphatic carbocycles. The fraction of sp³-hybridized carbons (Fsp3) is 0.581. The van der Waals surface area contributed by atoms with Gasteiger partial charge in [0.15, 0.2) is 28.2 Å². The third-order valence-corrected chi connectivity index (χ3v) is 10.3. The number of esters is 1. The monoisotopic (exact) mass is 726 g/mol. The first kappa shape index (κ1) is 38.6. The van der Waals surface area contributed by atoms with Gasteiger partial charge in [-0.05, 0) is 33.3 Å². The molecule has 1 aromatic carbocycles. The molecule has 0 amide bonds. The van der Waals surface area contributed by atoms with Gasteiger partial charge in [-0.3, -0.25) is 23.2 Å². The van der Waals surface area contributed by atoms with Crippen molar-refractivity contribution in [1.29, 1.82) is 0 Å². The number of nitrogens with two attached hydrogens (primary N) is 1. The number of thioether (sulfide) groups is 1. The number of aliphatic hydroxyl groups excluding tert-OH is 1. The molecule has 1 unspecified atom stereocenters. The molecule has 15 nitrogen and oxygen atoms in total. The van der Waals surface area contributed by atoms with Gasteiger partial charge in [0.05, 0.1) is 37.5 Å². The molecular weight excluding hydrogens is 682 g/mol. The predicted octanol–water partition coefficient (Wildman–Crippen LogP) is 4.21. The largest absolute Gasteiger partial charge is 0.476 e. The summed E-state index contributed by atoms with van der Waals surface area (Å²) in [6, 6.07) is 9.08. The number of carbonyl (C=O) groups is 2. The Hall–Kier alpha value is -3.18. The third-order valence-electron chi connectivity index (χ3n) is 7.56. The predicted molar refractivity (Wildman–Crippen MR) is 180 cm³/mol. The van der Waals surface area contributed by atoms with Crippen molar-refractivity contribution in [3.8, 4) is 5.88 Å². The van der Waals surface area contributed by atoms with E-state index in [1.807, 2.05) is 30.3 Å². The Kier molecular flexibility index (Phi) is 12.8. The Morgan fingerprint density at radius 3 is 2.63 bits per heavy atom. The van der Waals surface area contributed by atoms with Crippen LogP contribution in [-0.4, -0.2) is 85.8 Å². The summed E-state index contributed by atoms with van der Waals surface area (Å²) < 4.78 is 59.4. The van der Waals surface area contributed by atoms with Crippen molar-refractivity contribution < 1.29 is 46.9 Å². The summed E-state index contributed by atoms with van der Waals surface area (Å²) in [6.07, 6.45) is -3.15. The summed E-state index contributed by atoms with van der Waals surface area (Å²) in [4.78, 5) is 37.2. The lowest BCUT2D eigenvalue weighted by atomic mass is 9.97. The lowest BCUT2D eigenvalue weighted by Crippen LogP contribution is -2.40. The number of imidazole rings is 1. The molecule has 1 aliphatic rings. The summed E-state index contributed by atoms with van der Waals surface area (Å²) in [5.41, 5.74) is 3.66. The van der Waals surface area contributed by atoms with Crippen molar-refractivity contribution in [1.82, 2.24) is 24.6 Å². The molecule has 3 heterocycles. The first-order valence-electron chi connectivity index (χ1n) is 15.7. The van der Waals surface area contributed by atoms with Crippen LogP contribution in [0.2, 0.25) is 0 Å². The van der Waals surface area contributed by atoms with Crippen LogP contribution in [0.5, 0.6) is 5.88 Å². The van der Waals surface area contributed by atoms with Gasteiger partial charge < -0.3 is 25.1 Å². The number of benzene rings is 1. The van der Waals surface area contributed by atoms with Crippen LogP contribution in [-0.2, 0) is 39.2 Å². The number of fused-ring (bicyclic) bond motifs is 1. The van der Waals surface area contributed by atoms with Gasteiger partial charge in [-0.1, -0.05) is 55.9 Å². The zero-order valence-corrected chi connectivity index (χ0v) is 30.0. The van der Waals surface area contributed by atoms with E-state index in [4.69, 9.17) is 29.0 Å². The first-order chi connectivity index (χ1) is 23.1. The van der Waals surface area contributed by atoms with E-state index in [1.54, 1.807) is 34.6 Å². The van der Waals surface area contributed by atoms with E-state index in [9.17, 15) is 19.3 Å². The Morgan fingerprint density at radius 2 is 1.96 bits per heavy atom. The number of halogens is 1. The summed E-state index contributed by atoms with van der Waals surface area (Å²) in [5.74, 6) is -0.629. The quantitative estimate of drug-likeness (QED) is 0.101. The number of hydrogen-bond donors (Lipinski definition) is 3. The molecule has 270 valence electrons. The number of aliphatic hydroxyl groups is 1. The highest BCUT2D eigenvalue weighted by molar-refractivity contribution is 8.13. The SMILES string of the molecule is CCOc1nc(N)nc2c1ncn2[C@@H]1O[C@H](COP(=O)(NCc2ccccc2)OCCSC(=O)C(C)(C)COC(=O)C(C)C)[C@@H](O)[C@@]1(C)F. The summed E-state index contributed by atoms with van der Waals surface area (Å²) in [7, 11) is -4.11. The lowest BCUT2D eigenvalue weighted by molar-refractivity contribution is -0.151. The first-order valence-corrected chi connectivity index (χ1v) is 18.3. The number of alkyl halides is 1. The topological polar surface area (TPSA) is 199 Å². The van der Waals surface area contributed by atoms with Crippen molar-refractivity contribution in [2.45, 2.75) is 72.2 Å². The zero-order valence-electron chi connectivity index (χ0n) is 28.3. The molecule has 1 aliphatic heterocycles. The highest BCUT2D eigenvalue weighted by Gasteiger charge is 2.56. The lowest BCUT2D eigenvalue weighted by Gasteiger charge is -2.25. The molecular formula is C31H44FN6O9PS. The summed E-state index contributed by atoms with van der Waals surface area (Å²) in [5, 5.41) is 13.5. The molecule has 4 N–H and O–H groups in total. The van der Waals surface area contributed by atoms with E-state index in [1.165, 1.54) is 10.9 Å². The van der Waals surface area contributed by atoms with E-state index in [0.717, 1.165) is 24.2 Å². The maximum Gasteiger partial charge on any atom is 0.405 e. The maximum atomic E-state index is 16.1. The van der Waals surface area contributed by atoms with Gasteiger partial charge in [0.2, 0.25) is 11.8 Å². The molecule has 49 heavy (non-hydrogen) atoms. The van der Waals surface area contributed by atoms with Gasteiger partial charge in [0.1, 0.15) is 18.8 Å². The van der Waals surface area contributed by atoms with Gasteiger partial charge in [-0.2, -0.15) is 9.97 Å². The Balaban J connectivity index is 1.43. The molecule has 3 aromatic rings. The highest BCUT2D eigenvalue weighted by Crippen LogP contribution is 2.48. The minimum Gasteiger partial charge on any atom is -0.476 e. The highest BCUT2D eigenvalue weighted by atomic mass is 32.2. The van der Waals surface area contributed by atoms with Gasteiger partial charge in [-0.15, -0.1) is 0 Å². The molecule has 2 aromatic heterocycles. The normalized spacial score (nSPS) is 22.3. The van der Waals surface area contributed by atoms with Crippen molar-refractivity contribution >= 4 is 47.7 Å². The van der Waals surface area contributed by atoms with E-state index in [-0.39, 0.29) is 66.1 Å². The fourth-order valence-electron chi connectivity index (χ4n) is 4.71. The summed E-state index contributed by atoms with van der Waals surface area (Å²) in [6.45, 7) is 9.25. The third kappa shape index (κ3) is 9.54. The molecule has 1 saturated heterocycles. The van der Waals surface area contributed by atoms with Gasteiger partial charge in [0.25, 0.3) is 0 Å². The Labute approximate surface area is 288 Å². The molecule has 0 radical (unpaired) electrons. The average Bonchev–Trinajstić information content (AvgIpc) is 3.57. The van der Waals surface area contributed by atoms with E-state index < -0.39 is 49.8 Å². The Bertz CT molecular complexity index is 1640. The van der Waals surface area contributed by atoms with Gasteiger partial charge >= 0.3 is 13.7 Å². The number of nitrogens with one attached hydrogen (secondary N) is 1. The molecule has 0 saturated carbocycles. The van der Waals surface area contributed by atoms with Crippen molar-refractivity contribution in [3.63, 3.8) is 0 Å². The number of anilines is 1. The van der Waals surface area contributed by atoms with Crippen molar-refractivity contribution in [3.05, 3.63) is 42.2 Å². The number of aromatic nitrogens is 4. The standard InChI is InChI=1S/C31H44FN6O9PS/c1-7-43-25-22-24(36-29(33)37-25)38(18-34-22)27-31(6,32)23(39)21(47-27)16-46-48(42,35-15-20-11-9-8-10-12-20)45-13-14-49-28(41)30(4,5)17-44-26(40)19(2)3/h8-12,18-19,21,23,27,39H,7,13-17H2,1-6H3,(H,35,42)(H2,33,36,37)/t21-,23-,27-,31-,48?/m1/s1.